The Labute approximate surface area is 112 Å². The standard InChI is InChI=1S/C15H18O4/c1-8-6-9-10(11(8)16)15(17-3)14(7-18-14)13(4-5-13)12(9,2)19-15/h6,9-10H,4-5,7H2,1-3H3/t9?,10?,12-,14+,15+/m0/s1. The zero-order chi connectivity index (χ0) is 13.3. The Morgan fingerprint density at radius 3 is 2.63 bits per heavy atom. The monoisotopic (exact) mass is 262 g/mol. The molecule has 0 aromatic carbocycles. The number of hydrogen-bond acceptors (Lipinski definition) is 4. The first-order chi connectivity index (χ1) is 8.98. The fraction of sp³-hybridized carbons (Fsp3) is 0.800. The lowest BCUT2D eigenvalue weighted by Gasteiger charge is -2.42. The summed E-state index contributed by atoms with van der Waals surface area (Å²) in [4.78, 5) is 12.5. The van der Waals surface area contributed by atoms with E-state index in [9.17, 15) is 4.79 Å². The highest BCUT2D eigenvalue weighted by Gasteiger charge is 2.96. The molecule has 3 aliphatic heterocycles. The lowest BCUT2D eigenvalue weighted by atomic mass is 9.59. The van der Waals surface area contributed by atoms with Crippen LogP contribution in [0.2, 0.25) is 0 Å². The van der Waals surface area contributed by atoms with E-state index in [2.05, 4.69) is 13.0 Å². The second-order valence-corrected chi connectivity index (χ2v) is 7.00. The van der Waals surface area contributed by atoms with Gasteiger partial charge in [0.1, 0.15) is 0 Å². The van der Waals surface area contributed by atoms with Crippen LogP contribution in [0.5, 0.6) is 0 Å². The minimum absolute atomic E-state index is 0.0680. The van der Waals surface area contributed by atoms with Gasteiger partial charge in [0.25, 0.3) is 0 Å². The molecule has 0 aromatic rings. The fourth-order valence-electron chi connectivity index (χ4n) is 5.58. The summed E-state index contributed by atoms with van der Waals surface area (Å²) in [5, 5.41) is 0. The fourth-order valence-corrected chi connectivity index (χ4v) is 5.58. The predicted molar refractivity (Wildman–Crippen MR) is 65.3 cm³/mol. The van der Waals surface area contributed by atoms with Gasteiger partial charge >= 0.3 is 0 Å². The third-order valence-electron chi connectivity index (χ3n) is 6.64. The number of rotatable bonds is 1. The van der Waals surface area contributed by atoms with E-state index in [1.54, 1.807) is 7.11 Å². The Bertz CT molecular complexity index is 556. The van der Waals surface area contributed by atoms with Crippen LogP contribution in [0.15, 0.2) is 11.6 Å². The number of ether oxygens (including phenoxy) is 3. The molecule has 4 fully saturated rings. The largest absolute Gasteiger partial charge is 0.363 e. The maximum atomic E-state index is 12.5. The first kappa shape index (κ1) is 11.0. The van der Waals surface area contributed by atoms with Gasteiger partial charge in [-0.25, -0.2) is 0 Å². The minimum atomic E-state index is -0.853. The molecule has 3 saturated heterocycles. The van der Waals surface area contributed by atoms with Crippen molar-refractivity contribution in [2.45, 2.75) is 43.7 Å². The summed E-state index contributed by atoms with van der Waals surface area (Å²) >= 11 is 0. The zero-order valence-electron chi connectivity index (χ0n) is 11.5. The van der Waals surface area contributed by atoms with Crippen LogP contribution in [0.25, 0.3) is 0 Å². The first-order valence-corrected chi connectivity index (χ1v) is 7.10. The van der Waals surface area contributed by atoms with Gasteiger partial charge in [-0.2, -0.15) is 0 Å². The van der Waals surface area contributed by atoms with Gasteiger partial charge < -0.3 is 14.2 Å². The third-order valence-corrected chi connectivity index (χ3v) is 6.64. The molecule has 5 rings (SSSR count). The van der Waals surface area contributed by atoms with Crippen LogP contribution in [0.1, 0.15) is 26.7 Å². The van der Waals surface area contributed by atoms with Gasteiger partial charge in [0.05, 0.1) is 18.1 Å². The summed E-state index contributed by atoms with van der Waals surface area (Å²) in [5.41, 5.74) is 0.258. The lowest BCUT2D eigenvalue weighted by Crippen LogP contribution is -2.59. The summed E-state index contributed by atoms with van der Waals surface area (Å²) in [6.07, 6.45) is 4.36. The first-order valence-electron chi connectivity index (χ1n) is 7.10. The molecule has 2 unspecified atom stereocenters. The highest BCUT2D eigenvalue weighted by atomic mass is 16.8. The zero-order valence-corrected chi connectivity index (χ0v) is 11.5. The van der Waals surface area contributed by atoms with Crippen molar-refractivity contribution < 1.29 is 19.0 Å². The number of Topliss-reactive ketones (excluding diaryl/α,β-unsaturated/α-hetero) is 1. The van der Waals surface area contributed by atoms with Gasteiger partial charge in [0.2, 0.25) is 5.79 Å². The Balaban J connectivity index is 1.79. The minimum Gasteiger partial charge on any atom is -0.363 e. The van der Waals surface area contributed by atoms with E-state index in [0.717, 1.165) is 18.4 Å². The molecule has 2 bridgehead atoms. The molecule has 0 N–H and O–H groups in total. The van der Waals surface area contributed by atoms with Crippen molar-refractivity contribution in [1.29, 1.82) is 0 Å². The van der Waals surface area contributed by atoms with Crippen molar-refractivity contribution in [1.82, 2.24) is 0 Å². The summed E-state index contributed by atoms with van der Waals surface area (Å²) in [7, 11) is 1.66. The van der Waals surface area contributed by atoms with E-state index >= 15 is 0 Å². The van der Waals surface area contributed by atoms with Gasteiger partial charge in [-0.3, -0.25) is 4.79 Å². The van der Waals surface area contributed by atoms with Gasteiger partial charge in [-0.1, -0.05) is 6.08 Å². The molecule has 5 aliphatic rings. The van der Waals surface area contributed by atoms with E-state index in [1.807, 2.05) is 6.92 Å². The lowest BCUT2D eigenvalue weighted by molar-refractivity contribution is -0.236. The molecule has 2 spiro atoms. The molecule has 4 heteroatoms. The van der Waals surface area contributed by atoms with E-state index in [1.165, 1.54) is 0 Å². The van der Waals surface area contributed by atoms with Crippen molar-refractivity contribution in [3.8, 4) is 0 Å². The number of fused-ring (bicyclic) bond motifs is 8. The Kier molecular flexibility index (Phi) is 1.49. The molecule has 102 valence electrons. The third kappa shape index (κ3) is 0.753. The van der Waals surface area contributed by atoms with E-state index < -0.39 is 5.79 Å². The number of carbonyl (C=O) groups excluding carboxylic acids is 1. The van der Waals surface area contributed by atoms with Crippen LogP contribution in [0, 0.1) is 17.3 Å². The highest BCUT2D eigenvalue weighted by molar-refractivity contribution is 6.01. The molecule has 4 nitrogen and oxygen atoms in total. The van der Waals surface area contributed by atoms with Crippen LogP contribution in [-0.4, -0.2) is 36.5 Å². The summed E-state index contributed by atoms with van der Waals surface area (Å²) < 4.78 is 18.2. The van der Waals surface area contributed by atoms with Crippen LogP contribution >= 0.6 is 0 Å². The molecule has 2 aliphatic carbocycles. The Morgan fingerprint density at radius 1 is 1.42 bits per heavy atom. The van der Waals surface area contributed by atoms with Crippen LogP contribution < -0.4 is 0 Å². The van der Waals surface area contributed by atoms with Crippen molar-refractivity contribution in [2.24, 2.45) is 17.3 Å². The van der Waals surface area contributed by atoms with Crippen molar-refractivity contribution >= 4 is 5.78 Å². The molecule has 0 aromatic heterocycles. The van der Waals surface area contributed by atoms with Crippen LogP contribution in [0.4, 0.5) is 0 Å². The normalized spacial score (nSPS) is 58.9. The highest BCUT2D eigenvalue weighted by Crippen LogP contribution is 2.84. The quantitative estimate of drug-likeness (QED) is 0.671. The number of allylic oxidation sites excluding steroid dienone is 1. The summed E-state index contributed by atoms with van der Waals surface area (Å²) in [6, 6.07) is 0. The van der Waals surface area contributed by atoms with E-state index in [-0.39, 0.29) is 34.2 Å². The number of carbonyl (C=O) groups is 1. The average Bonchev–Trinajstić information content (AvgIpc) is 3.24. The van der Waals surface area contributed by atoms with Gasteiger partial charge in [0, 0.05) is 18.4 Å². The summed E-state index contributed by atoms with van der Waals surface area (Å²) in [5.74, 6) is -0.733. The number of hydrogen-bond donors (Lipinski definition) is 0. The van der Waals surface area contributed by atoms with Gasteiger partial charge in [0.15, 0.2) is 11.4 Å². The number of ketones is 1. The van der Waals surface area contributed by atoms with Crippen molar-refractivity contribution in [3.63, 3.8) is 0 Å². The van der Waals surface area contributed by atoms with E-state index in [0.29, 0.717) is 6.61 Å². The predicted octanol–water partition coefficient (Wildman–Crippen LogP) is 1.44. The molecule has 0 radical (unpaired) electrons. The second-order valence-electron chi connectivity index (χ2n) is 7.00. The van der Waals surface area contributed by atoms with Gasteiger partial charge in [-0.15, -0.1) is 0 Å². The maximum absolute atomic E-state index is 12.5. The molecule has 19 heavy (non-hydrogen) atoms. The number of epoxide rings is 1. The number of methoxy groups -OCH3 is 1. The maximum Gasteiger partial charge on any atom is 0.212 e. The smallest absolute Gasteiger partial charge is 0.212 e. The molecule has 3 heterocycles. The van der Waals surface area contributed by atoms with Gasteiger partial charge in [-0.05, 0) is 32.3 Å². The summed E-state index contributed by atoms with van der Waals surface area (Å²) in [6.45, 7) is 4.75. The van der Waals surface area contributed by atoms with Crippen LogP contribution in [0.3, 0.4) is 0 Å². The Hall–Kier alpha value is -0.710. The molecule has 1 saturated carbocycles. The molecule has 5 atom stereocenters. The van der Waals surface area contributed by atoms with Crippen molar-refractivity contribution in [2.75, 3.05) is 13.7 Å². The Morgan fingerprint density at radius 2 is 2.11 bits per heavy atom. The second kappa shape index (κ2) is 2.57. The molecular weight excluding hydrogens is 244 g/mol. The van der Waals surface area contributed by atoms with Crippen LogP contribution in [-0.2, 0) is 19.0 Å². The SMILES string of the molecule is CO[C@@]12O[C@@](C)(C3C=C(C)C(=O)C31)C1(CC1)[C@]21CO1. The van der Waals surface area contributed by atoms with Crippen molar-refractivity contribution in [3.05, 3.63) is 11.6 Å². The molecular formula is C15H18O4. The topological polar surface area (TPSA) is 48.1 Å². The average molecular weight is 262 g/mol. The molecule has 0 amide bonds. The van der Waals surface area contributed by atoms with E-state index in [4.69, 9.17) is 14.2 Å².